The van der Waals surface area contributed by atoms with Gasteiger partial charge in [-0.25, -0.2) is 0 Å². The van der Waals surface area contributed by atoms with Gasteiger partial charge < -0.3 is 10.4 Å². The SMILES string of the molecule is Cc1ccccc1C(=O)NCc1cc(C#CCCO)cs1. The number of aliphatic hydroxyl groups is 1. The highest BCUT2D eigenvalue weighted by Gasteiger charge is 2.08. The molecule has 0 aliphatic rings. The van der Waals surface area contributed by atoms with Gasteiger partial charge in [-0.15, -0.1) is 11.3 Å². The van der Waals surface area contributed by atoms with E-state index in [1.54, 1.807) is 11.3 Å². The van der Waals surface area contributed by atoms with Gasteiger partial charge in [0.2, 0.25) is 0 Å². The molecule has 1 aromatic carbocycles. The molecule has 1 amide bonds. The molecular weight excluding hydrogens is 282 g/mol. The molecule has 0 aliphatic carbocycles. The fourth-order valence-electron chi connectivity index (χ4n) is 1.85. The summed E-state index contributed by atoms with van der Waals surface area (Å²) in [5.74, 6) is 5.80. The Hall–Kier alpha value is -2.09. The maximum absolute atomic E-state index is 12.1. The van der Waals surface area contributed by atoms with E-state index >= 15 is 0 Å². The number of aliphatic hydroxyl groups excluding tert-OH is 1. The highest BCUT2D eigenvalue weighted by Crippen LogP contribution is 2.14. The van der Waals surface area contributed by atoms with E-state index in [1.807, 2.05) is 42.6 Å². The van der Waals surface area contributed by atoms with E-state index in [1.165, 1.54) is 0 Å². The molecule has 0 radical (unpaired) electrons. The summed E-state index contributed by atoms with van der Waals surface area (Å²) in [4.78, 5) is 13.2. The van der Waals surface area contributed by atoms with Gasteiger partial charge in [0.15, 0.2) is 0 Å². The number of thiophene rings is 1. The lowest BCUT2D eigenvalue weighted by Gasteiger charge is -2.06. The molecule has 1 heterocycles. The summed E-state index contributed by atoms with van der Waals surface area (Å²) in [7, 11) is 0. The van der Waals surface area contributed by atoms with Crippen LogP contribution >= 0.6 is 11.3 Å². The molecule has 2 aromatic rings. The second kappa shape index (κ2) is 7.63. The van der Waals surface area contributed by atoms with E-state index in [0.717, 1.165) is 16.0 Å². The van der Waals surface area contributed by atoms with Crippen molar-refractivity contribution in [2.24, 2.45) is 0 Å². The van der Waals surface area contributed by atoms with Gasteiger partial charge in [-0.05, 0) is 24.6 Å². The van der Waals surface area contributed by atoms with Gasteiger partial charge in [0.1, 0.15) is 0 Å². The Morgan fingerprint density at radius 1 is 1.38 bits per heavy atom. The van der Waals surface area contributed by atoms with Crippen molar-refractivity contribution in [2.75, 3.05) is 6.61 Å². The Bertz CT molecular complexity index is 679. The lowest BCUT2D eigenvalue weighted by molar-refractivity contribution is 0.0950. The van der Waals surface area contributed by atoms with Gasteiger partial charge in [0, 0.05) is 27.8 Å². The van der Waals surface area contributed by atoms with Gasteiger partial charge in [-0.1, -0.05) is 30.0 Å². The number of nitrogens with one attached hydrogen (secondary N) is 1. The molecule has 0 saturated heterocycles. The van der Waals surface area contributed by atoms with Gasteiger partial charge >= 0.3 is 0 Å². The monoisotopic (exact) mass is 299 g/mol. The van der Waals surface area contributed by atoms with Crippen LogP contribution in [0.4, 0.5) is 0 Å². The summed E-state index contributed by atoms with van der Waals surface area (Å²) in [6.07, 6.45) is 0.481. The van der Waals surface area contributed by atoms with Crippen LogP contribution in [0.25, 0.3) is 0 Å². The number of hydrogen-bond donors (Lipinski definition) is 2. The Kier molecular flexibility index (Phi) is 5.56. The number of benzene rings is 1. The molecule has 2 N–H and O–H groups in total. The van der Waals surface area contributed by atoms with Gasteiger partial charge in [-0.3, -0.25) is 4.79 Å². The molecular formula is C17H17NO2S. The number of carbonyl (C=O) groups excluding carboxylic acids is 1. The molecule has 0 aliphatic heterocycles. The van der Waals surface area contributed by atoms with Crippen molar-refractivity contribution in [3.63, 3.8) is 0 Å². The van der Waals surface area contributed by atoms with Crippen LogP contribution in [-0.2, 0) is 6.54 Å². The van der Waals surface area contributed by atoms with Crippen molar-refractivity contribution in [3.8, 4) is 11.8 Å². The van der Waals surface area contributed by atoms with Crippen LogP contribution in [-0.4, -0.2) is 17.6 Å². The Labute approximate surface area is 128 Å². The van der Waals surface area contributed by atoms with E-state index in [4.69, 9.17) is 5.11 Å². The van der Waals surface area contributed by atoms with Crippen LogP contribution in [0.1, 0.15) is 32.8 Å². The molecule has 0 fully saturated rings. The minimum Gasteiger partial charge on any atom is -0.395 e. The standard InChI is InChI=1S/C17H17NO2S/c1-13-6-2-3-8-16(13)17(20)18-11-15-10-14(12-21-15)7-4-5-9-19/h2-3,6,8,10,12,19H,5,9,11H2,1H3,(H,18,20). The maximum Gasteiger partial charge on any atom is 0.251 e. The van der Waals surface area contributed by atoms with Crippen molar-refractivity contribution < 1.29 is 9.90 Å². The number of aryl methyl sites for hydroxylation is 1. The predicted molar refractivity (Wildman–Crippen MR) is 85.2 cm³/mol. The first-order chi connectivity index (χ1) is 10.2. The molecule has 3 nitrogen and oxygen atoms in total. The second-order valence-electron chi connectivity index (χ2n) is 4.57. The molecule has 1 aromatic heterocycles. The Morgan fingerprint density at radius 2 is 2.19 bits per heavy atom. The zero-order chi connectivity index (χ0) is 15.1. The van der Waals surface area contributed by atoms with Crippen molar-refractivity contribution in [1.82, 2.24) is 5.32 Å². The molecule has 0 saturated carbocycles. The average molecular weight is 299 g/mol. The van der Waals surface area contributed by atoms with Crippen molar-refractivity contribution in [3.05, 3.63) is 57.3 Å². The van der Waals surface area contributed by atoms with Crippen molar-refractivity contribution in [2.45, 2.75) is 19.9 Å². The van der Waals surface area contributed by atoms with Crippen LogP contribution < -0.4 is 5.32 Å². The fraction of sp³-hybridized carbons (Fsp3) is 0.235. The normalized spacial score (nSPS) is 9.81. The second-order valence-corrected chi connectivity index (χ2v) is 5.57. The first-order valence-electron chi connectivity index (χ1n) is 6.71. The largest absolute Gasteiger partial charge is 0.395 e. The highest BCUT2D eigenvalue weighted by molar-refractivity contribution is 7.10. The van der Waals surface area contributed by atoms with E-state index < -0.39 is 0 Å². The van der Waals surface area contributed by atoms with Gasteiger partial charge in [0.05, 0.1) is 13.2 Å². The minimum absolute atomic E-state index is 0.0607. The number of rotatable bonds is 4. The molecule has 0 spiro atoms. The molecule has 0 unspecified atom stereocenters. The van der Waals surface area contributed by atoms with Crippen molar-refractivity contribution >= 4 is 17.2 Å². The third-order valence-corrected chi connectivity index (χ3v) is 3.87. The topological polar surface area (TPSA) is 49.3 Å². The fourth-order valence-corrected chi connectivity index (χ4v) is 2.61. The molecule has 2 rings (SSSR count). The molecule has 0 bridgehead atoms. The van der Waals surface area contributed by atoms with Crippen LogP contribution in [0.2, 0.25) is 0 Å². The Morgan fingerprint density at radius 3 is 2.95 bits per heavy atom. The highest BCUT2D eigenvalue weighted by atomic mass is 32.1. The molecule has 0 atom stereocenters. The zero-order valence-electron chi connectivity index (χ0n) is 11.8. The average Bonchev–Trinajstić information content (AvgIpc) is 2.93. The van der Waals surface area contributed by atoms with Crippen LogP contribution in [0, 0.1) is 18.8 Å². The zero-order valence-corrected chi connectivity index (χ0v) is 12.7. The molecule has 21 heavy (non-hydrogen) atoms. The van der Waals surface area contributed by atoms with Gasteiger partial charge in [0.25, 0.3) is 5.91 Å². The van der Waals surface area contributed by atoms with E-state index in [9.17, 15) is 4.79 Å². The number of hydrogen-bond acceptors (Lipinski definition) is 3. The van der Waals surface area contributed by atoms with Crippen LogP contribution in [0.3, 0.4) is 0 Å². The summed E-state index contributed by atoms with van der Waals surface area (Å²) in [5, 5.41) is 13.6. The lowest BCUT2D eigenvalue weighted by Crippen LogP contribution is -2.23. The minimum atomic E-state index is -0.0607. The summed E-state index contributed by atoms with van der Waals surface area (Å²) in [5.41, 5.74) is 2.60. The number of carbonyl (C=O) groups is 1. The lowest BCUT2D eigenvalue weighted by atomic mass is 10.1. The van der Waals surface area contributed by atoms with Gasteiger partial charge in [-0.2, -0.15) is 0 Å². The quantitative estimate of drug-likeness (QED) is 0.853. The predicted octanol–water partition coefficient (Wildman–Crippen LogP) is 2.72. The smallest absolute Gasteiger partial charge is 0.251 e. The van der Waals surface area contributed by atoms with Crippen molar-refractivity contribution in [1.29, 1.82) is 0 Å². The summed E-state index contributed by atoms with van der Waals surface area (Å²) in [6.45, 7) is 2.50. The van der Waals surface area contributed by atoms with E-state index in [-0.39, 0.29) is 12.5 Å². The molecule has 4 heteroatoms. The van der Waals surface area contributed by atoms with E-state index in [0.29, 0.717) is 18.5 Å². The third-order valence-electron chi connectivity index (χ3n) is 2.94. The first-order valence-corrected chi connectivity index (χ1v) is 7.59. The summed E-state index contributed by atoms with van der Waals surface area (Å²) < 4.78 is 0. The Balaban J connectivity index is 1.93. The van der Waals surface area contributed by atoms with Crippen LogP contribution in [0.5, 0.6) is 0 Å². The van der Waals surface area contributed by atoms with E-state index in [2.05, 4.69) is 17.2 Å². The first kappa shape index (κ1) is 15.3. The maximum atomic E-state index is 12.1. The van der Waals surface area contributed by atoms with Crippen LogP contribution in [0.15, 0.2) is 35.7 Å². The molecule has 108 valence electrons. The third kappa shape index (κ3) is 4.45. The number of amides is 1. The summed E-state index contributed by atoms with van der Waals surface area (Å²) in [6, 6.07) is 9.50. The summed E-state index contributed by atoms with van der Waals surface area (Å²) >= 11 is 1.57.